The molecule has 1 aliphatic rings. The smallest absolute Gasteiger partial charge is 0.121 e. The fraction of sp³-hybridized carbons (Fsp3) is 0.647. The van der Waals surface area contributed by atoms with Crippen molar-refractivity contribution in [3.8, 4) is 5.75 Å². The Labute approximate surface area is 122 Å². The molecule has 1 aromatic rings. The van der Waals surface area contributed by atoms with Crippen LogP contribution in [0.1, 0.15) is 37.5 Å². The molecule has 3 unspecified atom stereocenters. The van der Waals surface area contributed by atoms with E-state index in [1.807, 2.05) is 25.1 Å². The van der Waals surface area contributed by atoms with Gasteiger partial charge in [0.05, 0.1) is 13.2 Å². The Kier molecular flexibility index (Phi) is 5.06. The Morgan fingerprint density at radius 3 is 2.50 bits per heavy atom. The van der Waals surface area contributed by atoms with Crippen molar-refractivity contribution in [3.05, 3.63) is 29.3 Å². The lowest BCUT2D eigenvalue weighted by Crippen LogP contribution is -2.40. The van der Waals surface area contributed by atoms with Crippen LogP contribution < -0.4 is 4.74 Å². The molecule has 3 nitrogen and oxygen atoms in total. The van der Waals surface area contributed by atoms with Gasteiger partial charge in [-0.15, -0.1) is 0 Å². The lowest BCUT2D eigenvalue weighted by Gasteiger charge is -2.36. The Balaban J connectivity index is 2.00. The maximum absolute atomic E-state index is 10.5. The summed E-state index contributed by atoms with van der Waals surface area (Å²) in [5.74, 6) is 2.33. The summed E-state index contributed by atoms with van der Waals surface area (Å²) in [6, 6.07) is 5.93. The zero-order chi connectivity index (χ0) is 14.7. The van der Waals surface area contributed by atoms with E-state index in [0.717, 1.165) is 48.3 Å². The van der Waals surface area contributed by atoms with Crippen LogP contribution >= 0.6 is 0 Å². The van der Waals surface area contributed by atoms with Crippen molar-refractivity contribution < 1.29 is 9.84 Å². The molecule has 1 aromatic carbocycles. The molecule has 0 saturated carbocycles. The molecule has 0 aromatic heterocycles. The van der Waals surface area contributed by atoms with Gasteiger partial charge in [0.1, 0.15) is 5.75 Å². The molecule has 112 valence electrons. The number of aliphatic hydroxyl groups excluding tert-OH is 1. The van der Waals surface area contributed by atoms with Crippen molar-refractivity contribution in [2.24, 2.45) is 11.8 Å². The lowest BCUT2D eigenvalue weighted by atomic mass is 9.91. The van der Waals surface area contributed by atoms with Gasteiger partial charge in [-0.1, -0.05) is 19.9 Å². The average Bonchev–Trinajstić information content (AvgIpc) is 2.37. The number of likely N-dealkylation sites (tertiary alicyclic amines) is 1. The molecule has 1 saturated heterocycles. The number of nitrogens with zero attached hydrogens (tertiary/aromatic N) is 1. The Morgan fingerprint density at radius 1 is 1.30 bits per heavy atom. The second-order valence-electron chi connectivity index (χ2n) is 6.41. The number of hydrogen-bond donors (Lipinski definition) is 1. The van der Waals surface area contributed by atoms with Crippen LogP contribution in [0, 0.1) is 18.8 Å². The number of β-amino-alcohol motifs (C(OH)–C–C–N with tert-alkyl or cyclic N) is 1. The highest BCUT2D eigenvalue weighted by molar-refractivity contribution is 5.37. The molecule has 0 spiro atoms. The molecule has 0 amide bonds. The number of aliphatic hydroxyl groups is 1. The minimum atomic E-state index is -0.419. The van der Waals surface area contributed by atoms with E-state index in [-0.39, 0.29) is 0 Å². The summed E-state index contributed by atoms with van der Waals surface area (Å²) < 4.78 is 5.27. The number of hydrogen-bond acceptors (Lipinski definition) is 3. The Hall–Kier alpha value is -1.06. The molecular weight excluding hydrogens is 250 g/mol. The quantitative estimate of drug-likeness (QED) is 0.918. The summed E-state index contributed by atoms with van der Waals surface area (Å²) in [4.78, 5) is 2.39. The molecule has 20 heavy (non-hydrogen) atoms. The predicted octanol–water partition coefficient (Wildman–Crippen LogP) is 3.01. The number of piperidine rings is 1. The van der Waals surface area contributed by atoms with Crippen LogP contribution in [-0.2, 0) is 0 Å². The second kappa shape index (κ2) is 6.59. The minimum absolute atomic E-state index is 0.419. The van der Waals surface area contributed by atoms with Gasteiger partial charge in [0, 0.05) is 19.6 Å². The zero-order valence-corrected chi connectivity index (χ0v) is 13.1. The van der Waals surface area contributed by atoms with Crippen LogP contribution in [0.5, 0.6) is 5.75 Å². The van der Waals surface area contributed by atoms with Gasteiger partial charge in [-0.3, -0.25) is 4.90 Å². The van der Waals surface area contributed by atoms with Crippen LogP contribution in [0.4, 0.5) is 0 Å². The van der Waals surface area contributed by atoms with Gasteiger partial charge < -0.3 is 9.84 Å². The van der Waals surface area contributed by atoms with Crippen molar-refractivity contribution in [1.29, 1.82) is 0 Å². The van der Waals surface area contributed by atoms with Gasteiger partial charge in [0.2, 0.25) is 0 Å². The number of aryl methyl sites for hydroxylation is 1. The number of ether oxygens (including phenoxy) is 1. The first kappa shape index (κ1) is 15.3. The number of benzene rings is 1. The zero-order valence-electron chi connectivity index (χ0n) is 13.1. The summed E-state index contributed by atoms with van der Waals surface area (Å²) in [5.41, 5.74) is 2.05. The van der Waals surface area contributed by atoms with E-state index in [1.165, 1.54) is 6.42 Å². The molecule has 1 heterocycles. The van der Waals surface area contributed by atoms with Crippen LogP contribution in [0.25, 0.3) is 0 Å². The van der Waals surface area contributed by atoms with Crippen molar-refractivity contribution >= 4 is 0 Å². The third-order valence-electron chi connectivity index (χ3n) is 4.18. The topological polar surface area (TPSA) is 32.7 Å². The van der Waals surface area contributed by atoms with E-state index in [0.29, 0.717) is 0 Å². The predicted molar refractivity (Wildman–Crippen MR) is 82.1 cm³/mol. The van der Waals surface area contributed by atoms with Crippen molar-refractivity contribution in [1.82, 2.24) is 4.90 Å². The molecule has 1 N–H and O–H groups in total. The third-order valence-corrected chi connectivity index (χ3v) is 4.18. The summed E-state index contributed by atoms with van der Waals surface area (Å²) >= 11 is 0. The molecule has 0 bridgehead atoms. The summed E-state index contributed by atoms with van der Waals surface area (Å²) in [7, 11) is 1.68. The highest BCUT2D eigenvalue weighted by atomic mass is 16.5. The van der Waals surface area contributed by atoms with E-state index in [2.05, 4.69) is 18.7 Å². The van der Waals surface area contributed by atoms with E-state index >= 15 is 0 Å². The molecule has 3 atom stereocenters. The second-order valence-corrected chi connectivity index (χ2v) is 6.41. The summed E-state index contributed by atoms with van der Waals surface area (Å²) in [6.45, 7) is 9.52. The normalized spacial score (nSPS) is 25.4. The van der Waals surface area contributed by atoms with Crippen LogP contribution in [0.2, 0.25) is 0 Å². The van der Waals surface area contributed by atoms with Crippen molar-refractivity contribution in [2.75, 3.05) is 26.7 Å². The molecule has 1 fully saturated rings. The number of rotatable bonds is 4. The summed E-state index contributed by atoms with van der Waals surface area (Å²) in [6.07, 6.45) is 0.880. The Bertz CT molecular complexity index is 437. The van der Waals surface area contributed by atoms with E-state index < -0.39 is 6.10 Å². The fourth-order valence-electron chi connectivity index (χ4n) is 3.40. The standard InChI is InChI=1S/C17H27NO2/c1-12-7-13(2)10-18(9-12)11-16(19)15-5-6-17(20-4)14(3)8-15/h5-6,8,12-13,16,19H,7,9-11H2,1-4H3. The maximum atomic E-state index is 10.5. The lowest BCUT2D eigenvalue weighted by molar-refractivity contribution is 0.0699. The molecule has 2 rings (SSSR count). The summed E-state index contributed by atoms with van der Waals surface area (Å²) in [5, 5.41) is 10.5. The van der Waals surface area contributed by atoms with Crippen LogP contribution in [-0.4, -0.2) is 36.8 Å². The molecule has 0 radical (unpaired) electrons. The van der Waals surface area contributed by atoms with Gasteiger partial charge in [-0.05, 0) is 48.4 Å². The van der Waals surface area contributed by atoms with Crippen LogP contribution in [0.3, 0.4) is 0 Å². The van der Waals surface area contributed by atoms with Gasteiger partial charge >= 0.3 is 0 Å². The highest BCUT2D eigenvalue weighted by Gasteiger charge is 2.23. The monoisotopic (exact) mass is 277 g/mol. The first-order valence-corrected chi connectivity index (χ1v) is 7.54. The third kappa shape index (κ3) is 3.74. The maximum Gasteiger partial charge on any atom is 0.121 e. The fourth-order valence-corrected chi connectivity index (χ4v) is 3.40. The largest absolute Gasteiger partial charge is 0.496 e. The molecular formula is C17H27NO2. The van der Waals surface area contributed by atoms with Gasteiger partial charge in [0.25, 0.3) is 0 Å². The molecule has 1 aliphatic heterocycles. The first-order chi connectivity index (χ1) is 9.49. The van der Waals surface area contributed by atoms with Crippen molar-refractivity contribution in [3.63, 3.8) is 0 Å². The molecule has 0 aliphatic carbocycles. The van der Waals surface area contributed by atoms with Crippen molar-refractivity contribution in [2.45, 2.75) is 33.3 Å². The first-order valence-electron chi connectivity index (χ1n) is 7.54. The SMILES string of the molecule is COc1ccc(C(O)CN2CC(C)CC(C)C2)cc1C. The average molecular weight is 277 g/mol. The van der Waals surface area contributed by atoms with Gasteiger partial charge in [0.15, 0.2) is 0 Å². The Morgan fingerprint density at radius 2 is 1.95 bits per heavy atom. The number of methoxy groups -OCH3 is 1. The van der Waals surface area contributed by atoms with Crippen LogP contribution in [0.15, 0.2) is 18.2 Å². The minimum Gasteiger partial charge on any atom is -0.496 e. The van der Waals surface area contributed by atoms with E-state index in [4.69, 9.17) is 4.74 Å². The highest BCUT2D eigenvalue weighted by Crippen LogP contribution is 2.26. The van der Waals surface area contributed by atoms with E-state index in [9.17, 15) is 5.11 Å². The molecule has 3 heteroatoms. The van der Waals surface area contributed by atoms with E-state index in [1.54, 1.807) is 7.11 Å². The van der Waals surface area contributed by atoms with Gasteiger partial charge in [-0.25, -0.2) is 0 Å². The van der Waals surface area contributed by atoms with Gasteiger partial charge in [-0.2, -0.15) is 0 Å².